The Hall–Kier alpha value is -0.460. The molecule has 0 unspecified atom stereocenters. The van der Waals surface area contributed by atoms with E-state index in [0.29, 0.717) is 0 Å². The summed E-state index contributed by atoms with van der Waals surface area (Å²) in [6.07, 6.45) is 3.20. The lowest BCUT2D eigenvalue weighted by Crippen LogP contribution is -1.48. The van der Waals surface area contributed by atoms with Crippen molar-refractivity contribution in [2.75, 3.05) is 6.61 Å². The van der Waals surface area contributed by atoms with E-state index in [0.717, 1.165) is 18.8 Å². The van der Waals surface area contributed by atoms with Crippen molar-refractivity contribution in [3.8, 4) is 0 Å². The van der Waals surface area contributed by atoms with Gasteiger partial charge in [-0.2, -0.15) is 0 Å². The minimum Gasteiger partial charge on any atom is -0.487 e. The Labute approximate surface area is 37.6 Å². The molecule has 6 heavy (non-hydrogen) atoms. The van der Waals surface area contributed by atoms with Crippen LogP contribution in [-0.2, 0) is 4.74 Å². The van der Waals surface area contributed by atoms with E-state index < -0.39 is 0 Å². The van der Waals surface area contributed by atoms with Crippen LogP contribution in [0.15, 0.2) is 11.8 Å². The molecule has 0 bridgehead atoms. The van der Waals surface area contributed by atoms with Gasteiger partial charge in [-0.05, 0) is 12.5 Å². The maximum absolute atomic E-state index is 4.81. The van der Waals surface area contributed by atoms with Crippen molar-refractivity contribution < 1.29 is 4.74 Å². The second kappa shape index (κ2) is 1.33. The van der Waals surface area contributed by atoms with E-state index in [9.17, 15) is 0 Å². The maximum atomic E-state index is 4.81. The Morgan fingerprint density at radius 1 is 2.00 bits per heavy atom. The van der Waals surface area contributed by atoms with Gasteiger partial charge in [0.25, 0.3) is 0 Å². The Balaban J connectivity index is 2.24. The molecule has 0 aliphatic carbocycles. The molecule has 1 fully saturated rings. The van der Waals surface area contributed by atoms with Crippen molar-refractivity contribution >= 4 is 0 Å². The first-order chi connectivity index (χ1) is 2.93. The third-order valence-corrected chi connectivity index (χ3v) is 0.743. The summed E-state index contributed by atoms with van der Waals surface area (Å²) in [5.41, 5.74) is 0. The van der Waals surface area contributed by atoms with Gasteiger partial charge in [0.05, 0.1) is 0 Å². The van der Waals surface area contributed by atoms with Gasteiger partial charge in [-0.25, -0.2) is 0 Å². The lowest BCUT2D eigenvalue weighted by Gasteiger charge is -1.64. The second-order valence-electron chi connectivity index (χ2n) is 1.37. The lowest BCUT2D eigenvalue weighted by molar-refractivity contribution is 0.508. The Morgan fingerprint density at radius 2 is 2.67 bits per heavy atom. The van der Waals surface area contributed by atoms with E-state index in [1.54, 1.807) is 0 Å². The fraction of sp³-hybridized carbons (Fsp3) is 0.600. The normalized spacial score (nSPS) is 23.8. The van der Waals surface area contributed by atoms with Gasteiger partial charge in [0, 0.05) is 0 Å². The van der Waals surface area contributed by atoms with Gasteiger partial charge in [-0.15, -0.1) is 0 Å². The maximum Gasteiger partial charge on any atom is 0.145 e. The van der Waals surface area contributed by atoms with Crippen LogP contribution in [0.1, 0.15) is 13.3 Å². The van der Waals surface area contributed by atoms with Gasteiger partial charge in [-0.3, -0.25) is 0 Å². The molecule has 0 aromatic heterocycles. The standard InChI is InChI=1S/C5H8O/c1-2-3-5-4-6-5/h3H,2,4H2,1H3/b5-3+. The number of ether oxygens (including phenoxy) is 1. The summed E-state index contributed by atoms with van der Waals surface area (Å²) >= 11 is 0. The van der Waals surface area contributed by atoms with Crippen molar-refractivity contribution in [3.05, 3.63) is 11.8 Å². The third kappa shape index (κ3) is 0.744. The van der Waals surface area contributed by atoms with Gasteiger partial charge in [0.15, 0.2) is 0 Å². The zero-order chi connectivity index (χ0) is 4.41. The molecule has 1 nitrogen and oxygen atoms in total. The van der Waals surface area contributed by atoms with Gasteiger partial charge in [0.2, 0.25) is 0 Å². The summed E-state index contributed by atoms with van der Waals surface area (Å²) in [5, 5.41) is 0. The van der Waals surface area contributed by atoms with E-state index in [2.05, 4.69) is 13.0 Å². The number of rotatable bonds is 1. The van der Waals surface area contributed by atoms with E-state index in [-0.39, 0.29) is 0 Å². The monoisotopic (exact) mass is 84.1 g/mol. The highest BCUT2D eigenvalue weighted by Gasteiger charge is 2.09. The zero-order valence-corrected chi connectivity index (χ0v) is 3.90. The van der Waals surface area contributed by atoms with Crippen molar-refractivity contribution in [2.45, 2.75) is 13.3 Å². The molecule has 1 aliphatic heterocycles. The molecule has 1 saturated heterocycles. The number of hydrogen-bond donors (Lipinski definition) is 0. The molecule has 1 aliphatic rings. The summed E-state index contributed by atoms with van der Waals surface area (Å²) in [6, 6.07) is 0. The fourth-order valence-electron chi connectivity index (χ4n) is 0.387. The molecule has 0 saturated carbocycles. The lowest BCUT2D eigenvalue weighted by atomic mass is 10.4. The molecule has 1 heteroatoms. The van der Waals surface area contributed by atoms with Crippen LogP contribution < -0.4 is 0 Å². The van der Waals surface area contributed by atoms with Crippen molar-refractivity contribution in [1.29, 1.82) is 0 Å². The molecule has 0 aromatic carbocycles. The average Bonchev–Trinajstić information content (AvgIpc) is 2.21. The molecule has 1 rings (SSSR count). The highest BCUT2D eigenvalue weighted by atomic mass is 16.6. The summed E-state index contributed by atoms with van der Waals surface area (Å²) < 4.78 is 4.81. The average molecular weight is 84.1 g/mol. The highest BCUT2D eigenvalue weighted by Crippen LogP contribution is 2.13. The van der Waals surface area contributed by atoms with Crippen LogP contribution >= 0.6 is 0 Å². The molecule has 0 amide bonds. The summed E-state index contributed by atoms with van der Waals surface area (Å²) in [5.74, 6) is 1.16. The first kappa shape index (κ1) is 3.72. The number of allylic oxidation sites excluding steroid dienone is 1. The smallest absolute Gasteiger partial charge is 0.145 e. The Kier molecular flexibility index (Phi) is 0.825. The topological polar surface area (TPSA) is 12.5 Å². The molecule has 0 spiro atoms. The Morgan fingerprint density at radius 3 is 2.83 bits per heavy atom. The molecular formula is C5H8O. The first-order valence-corrected chi connectivity index (χ1v) is 2.25. The van der Waals surface area contributed by atoms with E-state index >= 15 is 0 Å². The Bertz CT molecular complexity index is 68.0. The van der Waals surface area contributed by atoms with Crippen LogP contribution in [0, 0.1) is 0 Å². The number of epoxide rings is 1. The van der Waals surface area contributed by atoms with Crippen LogP contribution in [0.4, 0.5) is 0 Å². The van der Waals surface area contributed by atoms with Crippen molar-refractivity contribution in [2.24, 2.45) is 0 Å². The molecule has 0 N–H and O–H groups in total. The van der Waals surface area contributed by atoms with Gasteiger partial charge in [0.1, 0.15) is 12.4 Å². The second-order valence-corrected chi connectivity index (χ2v) is 1.37. The van der Waals surface area contributed by atoms with E-state index in [4.69, 9.17) is 4.74 Å². The molecule has 34 valence electrons. The van der Waals surface area contributed by atoms with Crippen LogP contribution in [0.25, 0.3) is 0 Å². The van der Waals surface area contributed by atoms with Crippen LogP contribution in [0.2, 0.25) is 0 Å². The predicted octanol–water partition coefficient (Wildman–Crippen LogP) is 1.31. The van der Waals surface area contributed by atoms with Gasteiger partial charge in [-0.1, -0.05) is 6.92 Å². The minimum atomic E-state index is 0.883. The zero-order valence-electron chi connectivity index (χ0n) is 3.90. The molecule has 0 radical (unpaired) electrons. The highest BCUT2D eigenvalue weighted by molar-refractivity contribution is 5.03. The fourth-order valence-corrected chi connectivity index (χ4v) is 0.387. The van der Waals surface area contributed by atoms with E-state index in [1.165, 1.54) is 0 Å². The van der Waals surface area contributed by atoms with Crippen LogP contribution in [-0.4, -0.2) is 6.61 Å². The molecule has 0 atom stereocenters. The van der Waals surface area contributed by atoms with Crippen LogP contribution in [0.3, 0.4) is 0 Å². The first-order valence-electron chi connectivity index (χ1n) is 2.25. The summed E-state index contributed by atoms with van der Waals surface area (Å²) in [7, 11) is 0. The number of hydrogen-bond acceptors (Lipinski definition) is 1. The SMILES string of the molecule is CC/C=C1\CO1. The molecule has 0 aromatic rings. The minimum absolute atomic E-state index is 0.883. The van der Waals surface area contributed by atoms with E-state index in [1.807, 2.05) is 0 Å². The molecular weight excluding hydrogens is 76.1 g/mol. The molecule has 1 heterocycles. The summed E-state index contributed by atoms with van der Waals surface area (Å²) in [6.45, 7) is 2.99. The van der Waals surface area contributed by atoms with Crippen LogP contribution in [0.5, 0.6) is 0 Å². The third-order valence-electron chi connectivity index (χ3n) is 0.743. The predicted molar refractivity (Wildman–Crippen MR) is 24.3 cm³/mol. The van der Waals surface area contributed by atoms with Gasteiger partial charge >= 0.3 is 0 Å². The summed E-state index contributed by atoms with van der Waals surface area (Å²) in [4.78, 5) is 0. The van der Waals surface area contributed by atoms with Crippen molar-refractivity contribution in [3.63, 3.8) is 0 Å². The van der Waals surface area contributed by atoms with Gasteiger partial charge < -0.3 is 4.74 Å². The van der Waals surface area contributed by atoms with Crippen molar-refractivity contribution in [1.82, 2.24) is 0 Å². The largest absolute Gasteiger partial charge is 0.487 e. The quantitative estimate of drug-likeness (QED) is 0.436.